The lowest BCUT2D eigenvalue weighted by atomic mass is 9.99. The molecule has 0 fully saturated rings. The Kier molecular flexibility index (Phi) is 4.88. The Labute approximate surface area is 140 Å². The van der Waals surface area contributed by atoms with Crippen LogP contribution in [0.2, 0.25) is 0 Å². The van der Waals surface area contributed by atoms with Crippen LogP contribution in [0, 0.1) is 0 Å². The highest BCUT2D eigenvalue weighted by Crippen LogP contribution is 2.44. The maximum atomic E-state index is 11.5. The molecule has 24 heavy (non-hydrogen) atoms. The summed E-state index contributed by atoms with van der Waals surface area (Å²) in [5, 5.41) is 3.58. The molecule has 0 saturated carbocycles. The molecule has 0 spiro atoms. The Morgan fingerprint density at radius 3 is 2.50 bits per heavy atom. The van der Waals surface area contributed by atoms with Gasteiger partial charge in [-0.1, -0.05) is 42.5 Å². The average molecular weight is 346 g/mol. The van der Waals surface area contributed by atoms with Gasteiger partial charge in [-0.2, -0.15) is 0 Å². The van der Waals surface area contributed by atoms with Crippen LogP contribution in [-0.4, -0.2) is 30.1 Å². The second-order valence-electron chi connectivity index (χ2n) is 5.61. The van der Waals surface area contributed by atoms with Crippen LogP contribution in [0.15, 0.2) is 48.5 Å². The SMILES string of the molecule is COCCOc1c2ccccc2cc2cccc(CP(=O)(O)O)c12. The Morgan fingerprint density at radius 1 is 1.00 bits per heavy atom. The van der Waals surface area contributed by atoms with Crippen molar-refractivity contribution in [3.8, 4) is 5.75 Å². The lowest BCUT2D eigenvalue weighted by Gasteiger charge is -2.16. The highest BCUT2D eigenvalue weighted by Gasteiger charge is 2.19. The fraction of sp³-hybridized carbons (Fsp3) is 0.222. The normalized spacial score (nSPS) is 12.0. The summed E-state index contributed by atoms with van der Waals surface area (Å²) in [6, 6.07) is 15.3. The third kappa shape index (κ3) is 3.60. The van der Waals surface area contributed by atoms with Crippen LogP contribution in [-0.2, 0) is 15.5 Å². The molecule has 3 aromatic rings. The molecule has 0 aliphatic carbocycles. The number of rotatable bonds is 6. The summed E-state index contributed by atoms with van der Waals surface area (Å²) in [4.78, 5) is 18.8. The summed E-state index contributed by atoms with van der Waals surface area (Å²) in [5.74, 6) is 0.643. The second-order valence-corrected chi connectivity index (χ2v) is 7.25. The van der Waals surface area contributed by atoms with Crippen molar-refractivity contribution >= 4 is 29.1 Å². The Bertz CT molecular complexity index is 916. The average Bonchev–Trinajstić information content (AvgIpc) is 2.53. The Morgan fingerprint density at radius 2 is 1.75 bits per heavy atom. The van der Waals surface area contributed by atoms with E-state index < -0.39 is 7.60 Å². The zero-order valence-electron chi connectivity index (χ0n) is 13.3. The monoisotopic (exact) mass is 346 g/mol. The van der Waals surface area contributed by atoms with E-state index in [0.29, 0.717) is 24.5 Å². The largest absolute Gasteiger partial charge is 0.490 e. The topological polar surface area (TPSA) is 76.0 Å². The maximum absolute atomic E-state index is 11.5. The van der Waals surface area contributed by atoms with Gasteiger partial charge in [0.05, 0.1) is 12.8 Å². The van der Waals surface area contributed by atoms with Gasteiger partial charge < -0.3 is 19.3 Å². The summed E-state index contributed by atoms with van der Waals surface area (Å²) in [6.45, 7) is 0.801. The van der Waals surface area contributed by atoms with Crippen molar-refractivity contribution in [1.29, 1.82) is 0 Å². The summed E-state index contributed by atoms with van der Waals surface area (Å²) >= 11 is 0. The van der Waals surface area contributed by atoms with Gasteiger partial charge in [0.25, 0.3) is 0 Å². The molecule has 0 aromatic heterocycles. The predicted molar refractivity (Wildman–Crippen MR) is 94.6 cm³/mol. The summed E-state index contributed by atoms with van der Waals surface area (Å²) < 4.78 is 22.5. The van der Waals surface area contributed by atoms with Gasteiger partial charge in [0.15, 0.2) is 0 Å². The summed E-state index contributed by atoms with van der Waals surface area (Å²) in [7, 11) is -2.58. The third-order valence-corrected chi connectivity index (χ3v) is 4.59. The van der Waals surface area contributed by atoms with Gasteiger partial charge >= 0.3 is 7.60 Å². The van der Waals surface area contributed by atoms with E-state index in [1.54, 1.807) is 19.2 Å². The number of benzene rings is 3. The molecule has 5 nitrogen and oxygen atoms in total. The molecule has 6 heteroatoms. The smallest absolute Gasteiger partial charge is 0.329 e. The highest BCUT2D eigenvalue weighted by molar-refractivity contribution is 7.50. The van der Waals surface area contributed by atoms with Crippen LogP contribution in [0.1, 0.15) is 5.56 Å². The summed E-state index contributed by atoms with van der Waals surface area (Å²) in [6.07, 6.45) is -0.316. The number of methoxy groups -OCH3 is 1. The fourth-order valence-corrected chi connectivity index (χ4v) is 3.59. The minimum atomic E-state index is -4.18. The van der Waals surface area contributed by atoms with E-state index in [4.69, 9.17) is 9.47 Å². The van der Waals surface area contributed by atoms with Gasteiger partial charge in [-0.25, -0.2) is 0 Å². The first kappa shape index (κ1) is 16.9. The highest BCUT2D eigenvalue weighted by atomic mass is 31.2. The zero-order valence-corrected chi connectivity index (χ0v) is 14.2. The number of hydrogen-bond acceptors (Lipinski definition) is 3. The minimum absolute atomic E-state index is 0.316. The summed E-state index contributed by atoms with van der Waals surface area (Å²) in [5.41, 5.74) is 0.582. The van der Waals surface area contributed by atoms with Gasteiger partial charge in [-0.3, -0.25) is 4.57 Å². The van der Waals surface area contributed by atoms with Crippen LogP contribution < -0.4 is 4.74 Å². The molecular weight excluding hydrogens is 327 g/mol. The molecule has 0 atom stereocenters. The number of ether oxygens (including phenoxy) is 2. The van der Waals surface area contributed by atoms with Crippen LogP contribution in [0.3, 0.4) is 0 Å². The standard InChI is InChI=1S/C18H19O5P/c1-22-9-10-23-18-16-8-3-2-5-13(16)11-14-6-4-7-15(17(14)18)12-24(19,20)21/h2-8,11H,9-10,12H2,1H3,(H2,19,20,21). The van der Waals surface area contributed by atoms with Crippen LogP contribution in [0.4, 0.5) is 0 Å². The van der Waals surface area contributed by atoms with E-state index in [-0.39, 0.29) is 6.16 Å². The molecule has 0 heterocycles. The molecule has 0 saturated heterocycles. The first-order valence-corrected chi connectivity index (χ1v) is 9.39. The van der Waals surface area contributed by atoms with Crippen molar-refractivity contribution in [2.75, 3.05) is 20.3 Å². The lowest BCUT2D eigenvalue weighted by molar-refractivity contribution is 0.148. The number of hydrogen-bond donors (Lipinski definition) is 2. The van der Waals surface area contributed by atoms with Crippen LogP contribution in [0.5, 0.6) is 5.75 Å². The minimum Gasteiger partial charge on any atom is -0.490 e. The van der Waals surface area contributed by atoms with Gasteiger partial charge in [0.1, 0.15) is 12.4 Å². The lowest BCUT2D eigenvalue weighted by Crippen LogP contribution is -2.05. The fourth-order valence-electron chi connectivity index (χ4n) is 2.88. The van der Waals surface area contributed by atoms with Crippen molar-refractivity contribution in [3.63, 3.8) is 0 Å². The molecular formula is C18H19O5P. The van der Waals surface area contributed by atoms with Gasteiger partial charge in [-0.15, -0.1) is 0 Å². The van der Waals surface area contributed by atoms with E-state index in [2.05, 4.69) is 0 Å². The van der Waals surface area contributed by atoms with E-state index in [1.807, 2.05) is 36.4 Å². The van der Waals surface area contributed by atoms with Crippen molar-refractivity contribution < 1.29 is 23.8 Å². The predicted octanol–water partition coefficient (Wildman–Crippen LogP) is 3.70. The molecule has 0 aliphatic heterocycles. The zero-order chi connectivity index (χ0) is 17.2. The molecule has 0 bridgehead atoms. The number of fused-ring (bicyclic) bond motifs is 2. The molecule has 2 N–H and O–H groups in total. The van der Waals surface area contributed by atoms with Gasteiger partial charge in [0, 0.05) is 17.9 Å². The van der Waals surface area contributed by atoms with E-state index in [9.17, 15) is 14.4 Å². The van der Waals surface area contributed by atoms with Crippen molar-refractivity contribution in [1.82, 2.24) is 0 Å². The first-order chi connectivity index (χ1) is 11.5. The van der Waals surface area contributed by atoms with Crippen molar-refractivity contribution in [3.05, 3.63) is 54.1 Å². The van der Waals surface area contributed by atoms with E-state index >= 15 is 0 Å². The first-order valence-electron chi connectivity index (χ1n) is 7.59. The van der Waals surface area contributed by atoms with Crippen LogP contribution >= 0.6 is 7.60 Å². The molecule has 0 amide bonds. The van der Waals surface area contributed by atoms with E-state index in [1.165, 1.54) is 0 Å². The molecule has 0 radical (unpaired) electrons. The second kappa shape index (κ2) is 6.91. The van der Waals surface area contributed by atoms with Crippen molar-refractivity contribution in [2.45, 2.75) is 6.16 Å². The van der Waals surface area contributed by atoms with Crippen molar-refractivity contribution in [2.24, 2.45) is 0 Å². The van der Waals surface area contributed by atoms with Crippen LogP contribution in [0.25, 0.3) is 21.5 Å². The maximum Gasteiger partial charge on any atom is 0.329 e. The molecule has 126 valence electrons. The quantitative estimate of drug-likeness (QED) is 0.404. The molecule has 3 rings (SSSR count). The van der Waals surface area contributed by atoms with Gasteiger partial charge in [-0.05, 0) is 22.4 Å². The van der Waals surface area contributed by atoms with Gasteiger partial charge in [0.2, 0.25) is 0 Å². The van der Waals surface area contributed by atoms with E-state index in [0.717, 1.165) is 21.5 Å². The third-order valence-electron chi connectivity index (χ3n) is 3.84. The molecule has 0 unspecified atom stereocenters. The molecule has 3 aromatic carbocycles. The Hall–Kier alpha value is -1.91. The Balaban J connectivity index is 2.26. The molecule has 0 aliphatic rings.